The van der Waals surface area contributed by atoms with E-state index in [1.807, 2.05) is 33.1 Å². The average molecular weight is 434 g/mol. The fourth-order valence-electron chi connectivity index (χ4n) is 2.63. The molecule has 0 aliphatic heterocycles. The summed E-state index contributed by atoms with van der Waals surface area (Å²) in [4.78, 5) is 30.3. The van der Waals surface area contributed by atoms with Crippen LogP contribution in [0.1, 0.15) is 50.1 Å². The van der Waals surface area contributed by atoms with Crippen LogP contribution in [-0.2, 0) is 5.54 Å². The molecular formula is C20H20ClN3O2S2. The topological polar surface area (TPSA) is 71.1 Å². The third-order valence-electron chi connectivity index (χ3n) is 4.06. The van der Waals surface area contributed by atoms with Gasteiger partial charge in [0.1, 0.15) is 5.01 Å². The van der Waals surface area contributed by atoms with Gasteiger partial charge in [-0.2, -0.15) is 0 Å². The van der Waals surface area contributed by atoms with Crippen LogP contribution in [-0.4, -0.2) is 16.8 Å². The maximum Gasteiger partial charge on any atom is 0.262 e. The van der Waals surface area contributed by atoms with Crippen LogP contribution >= 0.6 is 34.3 Å². The number of thiazole rings is 1. The summed E-state index contributed by atoms with van der Waals surface area (Å²) >= 11 is 8.83. The van der Waals surface area contributed by atoms with Gasteiger partial charge in [0.2, 0.25) is 0 Å². The van der Waals surface area contributed by atoms with Crippen LogP contribution in [0.5, 0.6) is 0 Å². The van der Waals surface area contributed by atoms with Crippen LogP contribution in [0, 0.1) is 13.8 Å². The maximum absolute atomic E-state index is 12.8. The first-order valence-corrected chi connectivity index (χ1v) is 10.7. The minimum atomic E-state index is -0.590. The summed E-state index contributed by atoms with van der Waals surface area (Å²) in [6.07, 6.45) is 0. The molecule has 28 heavy (non-hydrogen) atoms. The molecule has 2 aromatic heterocycles. The Hall–Kier alpha value is -2.22. The number of halogens is 1. The van der Waals surface area contributed by atoms with Crippen molar-refractivity contribution in [3.8, 4) is 0 Å². The van der Waals surface area contributed by atoms with Crippen molar-refractivity contribution in [2.45, 2.75) is 33.2 Å². The number of carbonyl (C=O) groups excluding carboxylic acids is 2. The Morgan fingerprint density at radius 2 is 1.86 bits per heavy atom. The first-order valence-electron chi connectivity index (χ1n) is 8.59. The highest BCUT2D eigenvalue weighted by atomic mass is 35.5. The molecule has 2 heterocycles. The van der Waals surface area contributed by atoms with Gasteiger partial charge in [0, 0.05) is 11.1 Å². The summed E-state index contributed by atoms with van der Waals surface area (Å²) < 4.78 is 0. The number of thiophene rings is 1. The summed E-state index contributed by atoms with van der Waals surface area (Å²) in [6, 6.07) is 8.63. The lowest BCUT2D eigenvalue weighted by Gasteiger charge is -2.23. The van der Waals surface area contributed by atoms with Crippen molar-refractivity contribution in [2.24, 2.45) is 0 Å². The lowest BCUT2D eigenvalue weighted by molar-refractivity contribution is 0.0915. The quantitative estimate of drug-likeness (QED) is 0.566. The van der Waals surface area contributed by atoms with E-state index >= 15 is 0 Å². The van der Waals surface area contributed by atoms with E-state index in [1.165, 1.54) is 22.7 Å². The number of rotatable bonds is 5. The van der Waals surface area contributed by atoms with Gasteiger partial charge in [-0.3, -0.25) is 9.59 Å². The molecule has 0 unspecified atom stereocenters. The Morgan fingerprint density at radius 3 is 2.50 bits per heavy atom. The van der Waals surface area contributed by atoms with Crippen molar-refractivity contribution in [3.63, 3.8) is 0 Å². The zero-order valence-corrected chi connectivity index (χ0v) is 18.3. The lowest BCUT2D eigenvalue weighted by Crippen LogP contribution is -2.40. The fraction of sp³-hybridized carbons (Fsp3) is 0.250. The number of anilines is 1. The Bertz CT molecular complexity index is 1040. The zero-order chi connectivity index (χ0) is 20.5. The lowest BCUT2D eigenvalue weighted by atomic mass is 10.1. The van der Waals surface area contributed by atoms with Gasteiger partial charge in [-0.25, -0.2) is 4.98 Å². The Morgan fingerprint density at radius 1 is 1.14 bits per heavy atom. The van der Waals surface area contributed by atoms with E-state index in [1.54, 1.807) is 30.3 Å². The standard InChI is InChI=1S/C20H20ClN3O2S2/c1-11-9-15(23-17(25)13-7-5-6-8-14(13)21)28-16(11)18(26)24-20(3,4)19-22-12(2)10-27-19/h5-10H,1-4H3,(H,23,25)(H,24,26). The van der Waals surface area contributed by atoms with Crippen LogP contribution in [0.15, 0.2) is 35.7 Å². The van der Waals surface area contributed by atoms with Gasteiger partial charge in [0.25, 0.3) is 11.8 Å². The number of nitrogens with zero attached hydrogens (tertiary/aromatic N) is 1. The molecule has 0 radical (unpaired) electrons. The van der Waals surface area contributed by atoms with Crippen LogP contribution in [0.2, 0.25) is 5.02 Å². The molecule has 3 aromatic rings. The fourth-order valence-corrected chi connectivity index (χ4v) is 4.69. The number of aryl methyl sites for hydroxylation is 2. The second kappa shape index (κ2) is 8.03. The predicted molar refractivity (Wildman–Crippen MR) is 116 cm³/mol. The van der Waals surface area contributed by atoms with E-state index in [0.717, 1.165) is 16.3 Å². The van der Waals surface area contributed by atoms with Crippen molar-refractivity contribution in [1.29, 1.82) is 0 Å². The number of benzene rings is 1. The first-order chi connectivity index (χ1) is 13.2. The largest absolute Gasteiger partial charge is 0.340 e. The van der Waals surface area contributed by atoms with Crippen molar-refractivity contribution in [1.82, 2.24) is 10.3 Å². The van der Waals surface area contributed by atoms with Crippen LogP contribution in [0.3, 0.4) is 0 Å². The predicted octanol–water partition coefficient (Wildman–Crippen LogP) is 5.39. The minimum Gasteiger partial charge on any atom is -0.340 e. The molecule has 2 N–H and O–H groups in total. The van der Waals surface area contributed by atoms with Crippen molar-refractivity contribution in [2.75, 3.05) is 5.32 Å². The summed E-state index contributed by atoms with van der Waals surface area (Å²) in [5, 5.41) is 9.64. The number of nitrogens with one attached hydrogen (secondary N) is 2. The molecular weight excluding hydrogens is 414 g/mol. The number of aromatic nitrogens is 1. The highest BCUT2D eigenvalue weighted by Gasteiger charge is 2.28. The highest BCUT2D eigenvalue weighted by molar-refractivity contribution is 7.18. The number of amides is 2. The SMILES string of the molecule is Cc1csc(C(C)(C)NC(=O)c2sc(NC(=O)c3ccccc3Cl)cc2C)n1. The first kappa shape index (κ1) is 20.5. The minimum absolute atomic E-state index is 0.196. The Kier molecular flexibility index (Phi) is 5.88. The molecule has 1 aromatic carbocycles. The Labute approximate surface area is 176 Å². The van der Waals surface area contributed by atoms with Crippen molar-refractivity contribution in [3.05, 3.63) is 67.4 Å². The molecule has 0 atom stereocenters. The third kappa shape index (κ3) is 4.43. The monoisotopic (exact) mass is 433 g/mol. The molecule has 3 rings (SSSR count). The van der Waals surface area contributed by atoms with Crippen LogP contribution in [0.4, 0.5) is 5.00 Å². The highest BCUT2D eigenvalue weighted by Crippen LogP contribution is 2.30. The summed E-state index contributed by atoms with van der Waals surface area (Å²) in [6.45, 7) is 7.62. The van der Waals surface area contributed by atoms with E-state index < -0.39 is 5.54 Å². The van der Waals surface area contributed by atoms with Crippen molar-refractivity contribution < 1.29 is 9.59 Å². The average Bonchev–Trinajstić information content (AvgIpc) is 3.21. The van der Waals surface area contributed by atoms with E-state index in [9.17, 15) is 9.59 Å². The van der Waals surface area contributed by atoms with Gasteiger partial charge in [0.15, 0.2) is 0 Å². The van der Waals surface area contributed by atoms with Gasteiger partial charge >= 0.3 is 0 Å². The number of hydrogen-bond acceptors (Lipinski definition) is 5. The van der Waals surface area contributed by atoms with E-state index in [2.05, 4.69) is 15.6 Å². The summed E-state index contributed by atoms with van der Waals surface area (Å²) in [5.41, 5.74) is 1.52. The number of hydrogen-bond donors (Lipinski definition) is 2. The number of carbonyl (C=O) groups is 2. The van der Waals surface area contributed by atoms with Gasteiger partial charge in [-0.1, -0.05) is 23.7 Å². The summed E-state index contributed by atoms with van der Waals surface area (Å²) in [7, 11) is 0. The summed E-state index contributed by atoms with van der Waals surface area (Å²) in [5.74, 6) is -0.504. The molecule has 0 fully saturated rings. The smallest absolute Gasteiger partial charge is 0.262 e. The van der Waals surface area contributed by atoms with E-state index in [-0.39, 0.29) is 11.8 Å². The third-order valence-corrected chi connectivity index (χ3v) is 6.82. The second-order valence-electron chi connectivity index (χ2n) is 6.93. The van der Waals surface area contributed by atoms with Crippen molar-refractivity contribution >= 4 is 51.1 Å². The van der Waals surface area contributed by atoms with E-state index in [0.29, 0.717) is 20.5 Å². The maximum atomic E-state index is 12.8. The van der Waals surface area contributed by atoms with Crippen LogP contribution in [0.25, 0.3) is 0 Å². The van der Waals surface area contributed by atoms with Crippen LogP contribution < -0.4 is 10.6 Å². The molecule has 5 nitrogen and oxygen atoms in total. The molecule has 0 bridgehead atoms. The zero-order valence-electron chi connectivity index (χ0n) is 15.9. The normalized spacial score (nSPS) is 11.3. The molecule has 0 aliphatic rings. The van der Waals surface area contributed by atoms with Gasteiger partial charge in [-0.05, 0) is 51.5 Å². The molecule has 0 saturated carbocycles. The van der Waals surface area contributed by atoms with E-state index in [4.69, 9.17) is 11.6 Å². The molecule has 8 heteroatoms. The Balaban J connectivity index is 1.75. The molecule has 0 spiro atoms. The molecule has 146 valence electrons. The van der Waals surface area contributed by atoms with Gasteiger partial charge < -0.3 is 10.6 Å². The van der Waals surface area contributed by atoms with Gasteiger partial charge in [0.05, 0.1) is 26.0 Å². The van der Waals surface area contributed by atoms with Gasteiger partial charge in [-0.15, -0.1) is 22.7 Å². The molecule has 0 saturated heterocycles. The second-order valence-corrected chi connectivity index (χ2v) is 9.25. The molecule has 2 amide bonds. The molecule has 0 aliphatic carbocycles.